The zero-order valence-electron chi connectivity index (χ0n) is 15.4. The summed E-state index contributed by atoms with van der Waals surface area (Å²) in [6.45, 7) is 5.49. The number of guanidine groups is 1. The summed E-state index contributed by atoms with van der Waals surface area (Å²) in [4.78, 5) is 8.32. The van der Waals surface area contributed by atoms with Crippen molar-refractivity contribution in [1.29, 1.82) is 0 Å². The molecular formula is C18H27N5O2. The van der Waals surface area contributed by atoms with Crippen LogP contribution in [0.5, 0.6) is 5.88 Å². The second-order valence-corrected chi connectivity index (χ2v) is 5.72. The van der Waals surface area contributed by atoms with Crippen LogP contribution >= 0.6 is 0 Å². The lowest BCUT2D eigenvalue weighted by Gasteiger charge is -2.11. The van der Waals surface area contributed by atoms with Crippen molar-refractivity contribution in [2.45, 2.75) is 45.7 Å². The molecule has 2 rings (SSSR count). The van der Waals surface area contributed by atoms with Gasteiger partial charge in [0.05, 0.1) is 19.3 Å². The number of aromatic nitrogens is 2. The zero-order chi connectivity index (χ0) is 18.1. The fourth-order valence-corrected chi connectivity index (χ4v) is 2.56. The molecule has 7 heteroatoms. The minimum absolute atomic E-state index is 0.455. The Balaban J connectivity index is 1.86. The van der Waals surface area contributed by atoms with Crippen LogP contribution in [0.3, 0.4) is 0 Å². The minimum Gasteiger partial charge on any atom is -0.481 e. The molecule has 0 aliphatic rings. The molecule has 0 saturated heterocycles. The fraction of sp³-hybridized carbons (Fsp3) is 0.500. The van der Waals surface area contributed by atoms with Crippen molar-refractivity contribution in [3.8, 4) is 5.88 Å². The first-order valence-electron chi connectivity index (χ1n) is 8.59. The normalized spacial score (nSPS) is 11.6. The van der Waals surface area contributed by atoms with Gasteiger partial charge in [-0.25, -0.2) is 4.98 Å². The van der Waals surface area contributed by atoms with E-state index in [4.69, 9.17) is 9.26 Å². The van der Waals surface area contributed by atoms with Crippen LogP contribution in [0.2, 0.25) is 0 Å². The lowest BCUT2D eigenvalue weighted by molar-refractivity contribution is 0.368. The Kier molecular flexibility index (Phi) is 7.25. The van der Waals surface area contributed by atoms with Gasteiger partial charge in [0, 0.05) is 37.8 Å². The Labute approximate surface area is 148 Å². The number of hydrogen-bond acceptors (Lipinski definition) is 5. The van der Waals surface area contributed by atoms with E-state index in [9.17, 15) is 0 Å². The van der Waals surface area contributed by atoms with Crippen LogP contribution in [0.4, 0.5) is 0 Å². The molecule has 0 fully saturated rings. The second kappa shape index (κ2) is 9.66. The van der Waals surface area contributed by atoms with Gasteiger partial charge in [0.2, 0.25) is 5.88 Å². The average molecular weight is 345 g/mol. The number of nitrogens with one attached hydrogen (secondary N) is 2. The van der Waals surface area contributed by atoms with E-state index in [1.165, 1.54) is 0 Å². The Hall–Kier alpha value is -2.57. The highest BCUT2D eigenvalue weighted by atomic mass is 16.5. The topological polar surface area (TPSA) is 84.6 Å². The first kappa shape index (κ1) is 18.8. The SMILES string of the molecule is CCC(CC)c1cc(CNC(=NC)NCc2ccnc(OC)c2)on1. The van der Waals surface area contributed by atoms with Crippen LogP contribution in [0.15, 0.2) is 33.9 Å². The van der Waals surface area contributed by atoms with Crippen LogP contribution in [0.25, 0.3) is 0 Å². The predicted molar refractivity (Wildman–Crippen MR) is 97.7 cm³/mol. The lowest BCUT2D eigenvalue weighted by atomic mass is 9.99. The van der Waals surface area contributed by atoms with E-state index < -0.39 is 0 Å². The smallest absolute Gasteiger partial charge is 0.213 e. The third-order valence-corrected chi connectivity index (χ3v) is 4.10. The van der Waals surface area contributed by atoms with Gasteiger partial charge in [0.1, 0.15) is 0 Å². The Morgan fingerprint density at radius 3 is 2.68 bits per heavy atom. The summed E-state index contributed by atoms with van der Waals surface area (Å²) in [6, 6.07) is 5.84. The molecule has 2 aromatic rings. The molecule has 2 N–H and O–H groups in total. The summed E-state index contributed by atoms with van der Waals surface area (Å²) in [5.74, 6) is 2.54. The second-order valence-electron chi connectivity index (χ2n) is 5.72. The largest absolute Gasteiger partial charge is 0.481 e. The maximum absolute atomic E-state index is 5.42. The highest BCUT2D eigenvalue weighted by Gasteiger charge is 2.13. The number of nitrogens with zero attached hydrogens (tertiary/aromatic N) is 3. The number of ether oxygens (including phenoxy) is 1. The van der Waals surface area contributed by atoms with Crippen LogP contribution in [-0.2, 0) is 13.1 Å². The van der Waals surface area contributed by atoms with Gasteiger partial charge in [0.25, 0.3) is 0 Å². The predicted octanol–water partition coefficient (Wildman–Crippen LogP) is 2.85. The summed E-state index contributed by atoms with van der Waals surface area (Å²) in [5, 5.41) is 10.7. The van der Waals surface area contributed by atoms with Gasteiger partial charge in [-0.1, -0.05) is 19.0 Å². The van der Waals surface area contributed by atoms with Crippen LogP contribution in [0.1, 0.15) is 49.6 Å². The molecule has 0 unspecified atom stereocenters. The van der Waals surface area contributed by atoms with Gasteiger partial charge in [0.15, 0.2) is 11.7 Å². The highest BCUT2D eigenvalue weighted by molar-refractivity contribution is 5.79. The monoisotopic (exact) mass is 345 g/mol. The number of rotatable bonds is 8. The molecule has 0 atom stereocenters. The Morgan fingerprint density at radius 1 is 1.24 bits per heavy atom. The van der Waals surface area contributed by atoms with Crippen molar-refractivity contribution in [2.75, 3.05) is 14.2 Å². The fourth-order valence-electron chi connectivity index (χ4n) is 2.56. The molecule has 25 heavy (non-hydrogen) atoms. The molecule has 0 saturated carbocycles. The number of pyridine rings is 1. The molecule has 2 aromatic heterocycles. The van der Waals surface area contributed by atoms with E-state index >= 15 is 0 Å². The van der Waals surface area contributed by atoms with E-state index in [0.29, 0.717) is 30.8 Å². The summed E-state index contributed by atoms with van der Waals surface area (Å²) in [7, 11) is 3.34. The van der Waals surface area contributed by atoms with Gasteiger partial charge in [-0.2, -0.15) is 0 Å². The zero-order valence-corrected chi connectivity index (χ0v) is 15.4. The van der Waals surface area contributed by atoms with Crippen molar-refractivity contribution in [1.82, 2.24) is 20.8 Å². The molecule has 136 valence electrons. The summed E-state index contributed by atoms with van der Waals surface area (Å²) < 4.78 is 10.5. The van der Waals surface area contributed by atoms with E-state index in [1.807, 2.05) is 18.2 Å². The van der Waals surface area contributed by atoms with Crippen LogP contribution in [0, 0.1) is 0 Å². The van der Waals surface area contributed by atoms with Crippen molar-refractivity contribution < 1.29 is 9.26 Å². The third kappa shape index (κ3) is 5.48. The third-order valence-electron chi connectivity index (χ3n) is 4.10. The Bertz CT molecular complexity index is 680. The number of methoxy groups -OCH3 is 1. The van der Waals surface area contributed by atoms with E-state index in [2.05, 4.69) is 39.6 Å². The van der Waals surface area contributed by atoms with E-state index in [1.54, 1.807) is 20.4 Å². The van der Waals surface area contributed by atoms with Gasteiger partial charge in [-0.3, -0.25) is 4.99 Å². The Morgan fingerprint density at radius 2 is 2.00 bits per heavy atom. The van der Waals surface area contributed by atoms with E-state index in [0.717, 1.165) is 29.9 Å². The van der Waals surface area contributed by atoms with Crippen molar-refractivity contribution in [3.63, 3.8) is 0 Å². The highest BCUT2D eigenvalue weighted by Crippen LogP contribution is 2.22. The van der Waals surface area contributed by atoms with Crippen LogP contribution in [-0.4, -0.2) is 30.3 Å². The van der Waals surface area contributed by atoms with Gasteiger partial charge < -0.3 is 19.9 Å². The minimum atomic E-state index is 0.455. The molecule has 0 amide bonds. The molecule has 2 heterocycles. The maximum Gasteiger partial charge on any atom is 0.213 e. The molecular weight excluding hydrogens is 318 g/mol. The maximum atomic E-state index is 5.42. The van der Waals surface area contributed by atoms with Crippen molar-refractivity contribution in [2.24, 2.45) is 4.99 Å². The molecule has 0 aliphatic carbocycles. The van der Waals surface area contributed by atoms with Gasteiger partial charge in [-0.05, 0) is 24.5 Å². The molecule has 7 nitrogen and oxygen atoms in total. The van der Waals surface area contributed by atoms with Crippen LogP contribution < -0.4 is 15.4 Å². The molecule has 0 aromatic carbocycles. The number of aliphatic imine (C=N–C) groups is 1. The first-order valence-corrected chi connectivity index (χ1v) is 8.59. The molecule has 0 spiro atoms. The van der Waals surface area contributed by atoms with E-state index in [-0.39, 0.29) is 0 Å². The molecule has 0 aliphatic heterocycles. The quantitative estimate of drug-likeness (QED) is 0.565. The van der Waals surface area contributed by atoms with Gasteiger partial charge >= 0.3 is 0 Å². The lowest BCUT2D eigenvalue weighted by Crippen LogP contribution is -2.36. The average Bonchev–Trinajstić information content (AvgIpc) is 3.12. The standard InChI is InChI=1S/C18H27N5O2/c1-5-14(6-2)16-10-15(25-23-16)12-22-18(19-3)21-11-13-7-8-20-17(9-13)24-4/h7-10,14H,5-6,11-12H2,1-4H3,(H2,19,21,22). The summed E-state index contributed by atoms with van der Waals surface area (Å²) in [6.07, 6.45) is 3.85. The summed E-state index contributed by atoms with van der Waals surface area (Å²) in [5.41, 5.74) is 2.08. The summed E-state index contributed by atoms with van der Waals surface area (Å²) >= 11 is 0. The first-order chi connectivity index (χ1) is 12.2. The molecule has 0 radical (unpaired) electrons. The number of hydrogen-bond donors (Lipinski definition) is 2. The van der Waals surface area contributed by atoms with Crippen molar-refractivity contribution in [3.05, 3.63) is 41.4 Å². The van der Waals surface area contributed by atoms with Crippen molar-refractivity contribution >= 4 is 5.96 Å². The molecule has 0 bridgehead atoms. The van der Waals surface area contributed by atoms with Gasteiger partial charge in [-0.15, -0.1) is 0 Å².